The molecule has 4 rings (SSSR count). The molecular weight excluding hydrogens is 366 g/mol. The molecule has 1 N–H and O–H groups in total. The van der Waals surface area contributed by atoms with Gasteiger partial charge in [0, 0.05) is 16.5 Å². The number of nitriles is 1. The average Bonchev–Trinajstić information content (AvgIpc) is 3.23. The minimum atomic E-state index is -0.194. The van der Waals surface area contributed by atoms with Crippen molar-refractivity contribution in [1.29, 1.82) is 5.26 Å². The fourth-order valence-corrected chi connectivity index (χ4v) is 3.51. The molecule has 0 saturated heterocycles. The van der Waals surface area contributed by atoms with E-state index in [1.165, 1.54) is 11.3 Å². The Balaban J connectivity index is 1.46. The molecule has 0 aliphatic rings. The molecule has 0 aliphatic heterocycles. The van der Waals surface area contributed by atoms with Crippen molar-refractivity contribution in [3.05, 3.63) is 95.4 Å². The minimum Gasteiger partial charge on any atom is -0.298 e. The monoisotopic (exact) mass is 381 g/mol. The lowest BCUT2D eigenvalue weighted by Crippen LogP contribution is -2.11. The van der Waals surface area contributed by atoms with Crippen LogP contribution in [0.4, 0.5) is 5.13 Å². The third-order valence-corrected chi connectivity index (χ3v) is 5.05. The van der Waals surface area contributed by atoms with E-state index in [4.69, 9.17) is 5.26 Å². The second-order valence-electron chi connectivity index (χ2n) is 6.12. The van der Waals surface area contributed by atoms with Crippen molar-refractivity contribution in [2.45, 2.75) is 0 Å². The lowest BCUT2D eigenvalue weighted by atomic mass is 10.0. The molecule has 134 valence electrons. The zero-order chi connectivity index (χ0) is 19.3. The number of aromatic nitrogens is 1. The normalized spacial score (nSPS) is 10.2. The van der Waals surface area contributed by atoms with Gasteiger partial charge in [0.25, 0.3) is 5.91 Å². The van der Waals surface area contributed by atoms with Crippen molar-refractivity contribution in [3.8, 4) is 28.5 Å². The topological polar surface area (TPSA) is 65.8 Å². The van der Waals surface area contributed by atoms with Gasteiger partial charge in [-0.25, -0.2) is 4.98 Å². The molecule has 4 aromatic rings. The molecular formula is C23H15N3OS. The van der Waals surface area contributed by atoms with Crippen LogP contribution in [0.25, 0.3) is 22.4 Å². The van der Waals surface area contributed by atoms with Crippen LogP contribution < -0.4 is 5.32 Å². The van der Waals surface area contributed by atoms with Crippen molar-refractivity contribution in [2.75, 3.05) is 5.32 Å². The average molecular weight is 381 g/mol. The number of carbonyl (C=O) groups is 1. The number of amides is 1. The van der Waals surface area contributed by atoms with Crippen molar-refractivity contribution < 1.29 is 4.79 Å². The molecule has 4 nitrogen and oxygen atoms in total. The smallest absolute Gasteiger partial charge is 0.257 e. The van der Waals surface area contributed by atoms with E-state index in [2.05, 4.69) is 16.4 Å². The molecule has 0 bridgehead atoms. The van der Waals surface area contributed by atoms with Crippen LogP contribution >= 0.6 is 11.3 Å². The fourth-order valence-electron chi connectivity index (χ4n) is 2.79. The molecule has 0 radical (unpaired) electrons. The van der Waals surface area contributed by atoms with Crippen LogP contribution in [0.5, 0.6) is 0 Å². The molecule has 0 fully saturated rings. The van der Waals surface area contributed by atoms with Crippen molar-refractivity contribution >= 4 is 22.4 Å². The predicted octanol–water partition coefficient (Wildman–Crippen LogP) is 5.60. The summed E-state index contributed by atoms with van der Waals surface area (Å²) < 4.78 is 0. The van der Waals surface area contributed by atoms with Crippen LogP contribution in [0, 0.1) is 11.3 Å². The molecule has 1 aromatic heterocycles. The molecule has 0 saturated carbocycles. The van der Waals surface area contributed by atoms with Crippen LogP contribution in [-0.4, -0.2) is 10.9 Å². The van der Waals surface area contributed by atoms with Gasteiger partial charge >= 0.3 is 0 Å². The van der Waals surface area contributed by atoms with Crippen LogP contribution in [0.15, 0.2) is 84.2 Å². The van der Waals surface area contributed by atoms with E-state index in [-0.39, 0.29) is 5.91 Å². The Morgan fingerprint density at radius 1 is 0.857 bits per heavy atom. The largest absolute Gasteiger partial charge is 0.298 e. The highest BCUT2D eigenvalue weighted by atomic mass is 32.1. The maximum Gasteiger partial charge on any atom is 0.257 e. The summed E-state index contributed by atoms with van der Waals surface area (Å²) in [6.07, 6.45) is 0. The maximum absolute atomic E-state index is 12.5. The van der Waals surface area contributed by atoms with Crippen LogP contribution in [0.2, 0.25) is 0 Å². The minimum absolute atomic E-state index is 0.194. The Morgan fingerprint density at radius 2 is 1.50 bits per heavy atom. The van der Waals surface area contributed by atoms with Crippen molar-refractivity contribution in [3.63, 3.8) is 0 Å². The van der Waals surface area contributed by atoms with E-state index < -0.39 is 0 Å². The molecule has 0 atom stereocenters. The summed E-state index contributed by atoms with van der Waals surface area (Å²) in [7, 11) is 0. The SMILES string of the molecule is N#Cc1ccc(-c2csc(NC(=O)c3ccc(-c4ccccc4)cc3)n2)cc1. The highest BCUT2D eigenvalue weighted by molar-refractivity contribution is 7.14. The number of benzene rings is 3. The first-order valence-electron chi connectivity index (χ1n) is 8.66. The number of thiazole rings is 1. The number of nitrogens with zero attached hydrogens (tertiary/aromatic N) is 2. The van der Waals surface area contributed by atoms with E-state index >= 15 is 0 Å². The Bertz CT molecular complexity index is 1140. The number of carbonyl (C=O) groups excluding carboxylic acids is 1. The van der Waals surface area contributed by atoms with Gasteiger partial charge in [-0.3, -0.25) is 10.1 Å². The van der Waals surface area contributed by atoms with Crippen molar-refractivity contribution in [1.82, 2.24) is 4.98 Å². The number of rotatable bonds is 4. The molecule has 5 heteroatoms. The summed E-state index contributed by atoms with van der Waals surface area (Å²) in [6, 6.07) is 26.8. The highest BCUT2D eigenvalue weighted by Crippen LogP contribution is 2.26. The quantitative estimate of drug-likeness (QED) is 0.500. The van der Waals surface area contributed by atoms with E-state index in [0.29, 0.717) is 16.3 Å². The summed E-state index contributed by atoms with van der Waals surface area (Å²) >= 11 is 1.37. The standard InChI is InChI=1S/C23H15N3OS/c24-14-16-6-8-19(9-7-16)21-15-28-23(25-21)26-22(27)20-12-10-18(11-13-20)17-4-2-1-3-5-17/h1-13,15H,(H,25,26,27). The summed E-state index contributed by atoms with van der Waals surface area (Å²) in [5.41, 5.74) is 5.03. The summed E-state index contributed by atoms with van der Waals surface area (Å²) in [5, 5.41) is 14.2. The lowest BCUT2D eigenvalue weighted by Gasteiger charge is -2.04. The Kier molecular flexibility index (Phi) is 4.96. The van der Waals surface area contributed by atoms with E-state index in [0.717, 1.165) is 22.4 Å². The molecule has 0 spiro atoms. The molecule has 3 aromatic carbocycles. The Hall–Kier alpha value is -3.75. The number of hydrogen-bond acceptors (Lipinski definition) is 4. The second-order valence-corrected chi connectivity index (χ2v) is 6.98. The Labute approximate surface area is 166 Å². The van der Waals surface area contributed by atoms with Gasteiger partial charge in [0.1, 0.15) is 0 Å². The first-order valence-corrected chi connectivity index (χ1v) is 9.54. The van der Waals surface area contributed by atoms with Crippen LogP contribution in [-0.2, 0) is 0 Å². The maximum atomic E-state index is 12.5. The summed E-state index contributed by atoms with van der Waals surface area (Å²) in [4.78, 5) is 17.0. The molecule has 0 unspecified atom stereocenters. The third kappa shape index (κ3) is 3.83. The van der Waals surface area contributed by atoms with Gasteiger partial charge in [-0.15, -0.1) is 11.3 Å². The Morgan fingerprint density at radius 3 is 2.18 bits per heavy atom. The van der Waals surface area contributed by atoms with Gasteiger partial charge in [-0.1, -0.05) is 54.6 Å². The van der Waals surface area contributed by atoms with Gasteiger partial charge in [-0.05, 0) is 35.4 Å². The van der Waals surface area contributed by atoms with Gasteiger partial charge in [0.05, 0.1) is 17.3 Å². The van der Waals surface area contributed by atoms with E-state index in [1.54, 1.807) is 12.1 Å². The summed E-state index contributed by atoms with van der Waals surface area (Å²) in [6.45, 7) is 0. The summed E-state index contributed by atoms with van der Waals surface area (Å²) in [5.74, 6) is -0.194. The number of hydrogen-bond donors (Lipinski definition) is 1. The zero-order valence-corrected chi connectivity index (χ0v) is 15.6. The van der Waals surface area contributed by atoms with Gasteiger partial charge in [0.15, 0.2) is 5.13 Å². The lowest BCUT2D eigenvalue weighted by molar-refractivity contribution is 0.102. The number of anilines is 1. The van der Waals surface area contributed by atoms with E-state index in [1.807, 2.05) is 72.1 Å². The van der Waals surface area contributed by atoms with Gasteiger partial charge in [0.2, 0.25) is 0 Å². The first kappa shape index (κ1) is 17.7. The van der Waals surface area contributed by atoms with Gasteiger partial charge in [-0.2, -0.15) is 5.26 Å². The molecule has 28 heavy (non-hydrogen) atoms. The second kappa shape index (κ2) is 7.87. The number of nitrogens with one attached hydrogen (secondary N) is 1. The zero-order valence-electron chi connectivity index (χ0n) is 14.8. The third-order valence-electron chi connectivity index (χ3n) is 4.29. The molecule has 1 heterocycles. The molecule has 0 aliphatic carbocycles. The first-order chi connectivity index (χ1) is 13.7. The van der Waals surface area contributed by atoms with Gasteiger partial charge < -0.3 is 0 Å². The van der Waals surface area contributed by atoms with Crippen LogP contribution in [0.3, 0.4) is 0 Å². The van der Waals surface area contributed by atoms with Crippen molar-refractivity contribution in [2.24, 2.45) is 0 Å². The predicted molar refractivity (Wildman–Crippen MR) is 112 cm³/mol. The highest BCUT2D eigenvalue weighted by Gasteiger charge is 2.10. The van der Waals surface area contributed by atoms with E-state index in [9.17, 15) is 4.79 Å². The fraction of sp³-hybridized carbons (Fsp3) is 0. The molecule has 1 amide bonds. The van der Waals surface area contributed by atoms with Crippen LogP contribution in [0.1, 0.15) is 15.9 Å².